The van der Waals surface area contributed by atoms with Gasteiger partial charge in [0.05, 0.1) is 12.2 Å². The van der Waals surface area contributed by atoms with Crippen LogP contribution in [0.2, 0.25) is 0 Å². The predicted molar refractivity (Wildman–Crippen MR) is 49.4 cm³/mol. The molecule has 5 heteroatoms. The Balaban J connectivity index is 2.63. The minimum Gasteiger partial charge on any atom is -0.493 e. The van der Waals surface area contributed by atoms with Gasteiger partial charge in [-0.15, -0.1) is 0 Å². The summed E-state index contributed by atoms with van der Waals surface area (Å²) in [6.07, 6.45) is 0.513. The molecule has 2 rings (SSSR count). The van der Waals surface area contributed by atoms with Gasteiger partial charge in [0, 0.05) is 17.5 Å². The van der Waals surface area contributed by atoms with Gasteiger partial charge in [-0.2, -0.15) is 0 Å². The van der Waals surface area contributed by atoms with Crippen LogP contribution in [0.3, 0.4) is 0 Å². The van der Waals surface area contributed by atoms with E-state index < -0.39 is 11.4 Å². The third-order valence-electron chi connectivity index (χ3n) is 2.23. The average Bonchev–Trinajstić information content (AvgIpc) is 2.48. The molecule has 1 atom stereocenters. The van der Waals surface area contributed by atoms with Crippen LogP contribution < -0.4 is 10.5 Å². The van der Waals surface area contributed by atoms with Gasteiger partial charge in [-0.05, 0) is 12.1 Å². The normalized spacial score (nSPS) is 18.5. The highest BCUT2D eigenvalue weighted by Crippen LogP contribution is 2.33. The Morgan fingerprint density at radius 1 is 1.57 bits per heavy atom. The Labute approximate surface area is 82.1 Å². The van der Waals surface area contributed by atoms with Crippen LogP contribution >= 0.6 is 0 Å². The molecule has 1 aliphatic rings. The molecule has 14 heavy (non-hydrogen) atoms. The molecule has 0 saturated carbocycles. The number of aliphatic hydroxyl groups is 1. The van der Waals surface area contributed by atoms with Gasteiger partial charge in [0.1, 0.15) is 19.4 Å². The van der Waals surface area contributed by atoms with Crippen molar-refractivity contribution in [3.05, 3.63) is 29.1 Å². The number of rotatable bonds is 1. The summed E-state index contributed by atoms with van der Waals surface area (Å²) in [4.78, 5) is 0. The molecule has 3 N–H and O–H groups in total. The molecule has 0 bridgehead atoms. The molecular weight excluding hydrogens is 184 g/mol. The van der Waals surface area contributed by atoms with Crippen molar-refractivity contribution < 1.29 is 14.2 Å². The van der Waals surface area contributed by atoms with Crippen molar-refractivity contribution in [2.45, 2.75) is 12.0 Å². The SMILES string of the molecule is [B]C(N)(O)c1c(F)ccc2c1CCO2. The molecule has 0 fully saturated rings. The van der Waals surface area contributed by atoms with Crippen molar-refractivity contribution in [3.8, 4) is 5.75 Å². The van der Waals surface area contributed by atoms with E-state index in [0.717, 1.165) is 0 Å². The highest BCUT2D eigenvalue weighted by molar-refractivity contribution is 6.14. The molecule has 0 amide bonds. The van der Waals surface area contributed by atoms with Crippen LogP contribution in [0.15, 0.2) is 12.1 Å². The Kier molecular flexibility index (Phi) is 2.01. The lowest BCUT2D eigenvalue weighted by atomic mass is 9.81. The zero-order valence-corrected chi connectivity index (χ0v) is 7.46. The van der Waals surface area contributed by atoms with Gasteiger partial charge in [0.2, 0.25) is 0 Å². The fourth-order valence-corrected chi connectivity index (χ4v) is 1.68. The maximum atomic E-state index is 13.4. The van der Waals surface area contributed by atoms with E-state index in [9.17, 15) is 9.50 Å². The monoisotopic (exact) mass is 193 g/mol. The largest absolute Gasteiger partial charge is 0.493 e. The van der Waals surface area contributed by atoms with Crippen LogP contribution in [-0.2, 0) is 12.0 Å². The van der Waals surface area contributed by atoms with Crippen LogP contribution in [0.1, 0.15) is 11.1 Å². The molecule has 0 spiro atoms. The van der Waals surface area contributed by atoms with Crippen LogP contribution in [0, 0.1) is 5.82 Å². The Morgan fingerprint density at radius 2 is 2.29 bits per heavy atom. The molecule has 1 unspecified atom stereocenters. The van der Waals surface area contributed by atoms with Crippen molar-refractivity contribution in [2.24, 2.45) is 5.73 Å². The molecule has 0 saturated heterocycles. The fourth-order valence-electron chi connectivity index (χ4n) is 1.68. The number of nitrogens with two attached hydrogens (primary N) is 1. The van der Waals surface area contributed by atoms with E-state index >= 15 is 0 Å². The summed E-state index contributed by atoms with van der Waals surface area (Å²) in [6, 6.07) is 2.69. The lowest BCUT2D eigenvalue weighted by molar-refractivity contribution is 0.130. The number of ether oxygens (including phenoxy) is 1. The highest BCUT2D eigenvalue weighted by atomic mass is 19.1. The Bertz CT molecular complexity index is 376. The van der Waals surface area contributed by atoms with Crippen molar-refractivity contribution in [1.82, 2.24) is 0 Å². The molecule has 3 nitrogen and oxygen atoms in total. The van der Waals surface area contributed by atoms with Crippen LogP contribution in [-0.4, -0.2) is 19.6 Å². The maximum Gasteiger partial charge on any atom is 0.142 e. The highest BCUT2D eigenvalue weighted by Gasteiger charge is 2.28. The number of halogens is 1. The molecular formula is C9H9BFNO2. The fraction of sp³-hybridized carbons (Fsp3) is 0.333. The van der Waals surface area contributed by atoms with E-state index in [1.54, 1.807) is 0 Å². The molecule has 1 heterocycles. The van der Waals surface area contributed by atoms with E-state index in [-0.39, 0.29) is 5.56 Å². The smallest absolute Gasteiger partial charge is 0.142 e. The van der Waals surface area contributed by atoms with Gasteiger partial charge < -0.3 is 15.6 Å². The lowest BCUT2D eigenvalue weighted by Crippen LogP contribution is -2.38. The average molecular weight is 193 g/mol. The molecule has 0 aliphatic carbocycles. The molecule has 2 radical (unpaired) electrons. The van der Waals surface area contributed by atoms with Gasteiger partial charge in [0.25, 0.3) is 0 Å². The third kappa shape index (κ3) is 1.38. The second kappa shape index (κ2) is 2.97. The molecule has 1 aromatic rings. The van der Waals surface area contributed by atoms with Gasteiger partial charge >= 0.3 is 0 Å². The quantitative estimate of drug-likeness (QED) is 0.487. The molecule has 1 aliphatic heterocycles. The van der Waals surface area contributed by atoms with Gasteiger partial charge in [-0.1, -0.05) is 0 Å². The van der Waals surface area contributed by atoms with E-state index in [1.807, 2.05) is 0 Å². The zero-order chi connectivity index (χ0) is 10.3. The minimum atomic E-state index is -2.15. The minimum absolute atomic E-state index is 0.0764. The molecule has 1 aromatic carbocycles. The standard InChI is InChI=1S/C9H9BFNO2/c10-9(12,13)8-5-3-4-14-7(5)2-1-6(8)11/h1-2,13H,3-4,12H2. The first-order chi connectivity index (χ1) is 6.50. The summed E-state index contributed by atoms with van der Waals surface area (Å²) in [7, 11) is 5.27. The summed E-state index contributed by atoms with van der Waals surface area (Å²) in [5, 5.41) is 9.39. The first-order valence-electron chi connectivity index (χ1n) is 4.25. The predicted octanol–water partition coefficient (Wildman–Crippen LogP) is -0.00960. The molecule has 72 valence electrons. The van der Waals surface area contributed by atoms with Crippen molar-refractivity contribution >= 4 is 7.85 Å². The topological polar surface area (TPSA) is 55.5 Å². The first-order valence-corrected chi connectivity index (χ1v) is 4.25. The first kappa shape index (κ1) is 9.49. The summed E-state index contributed by atoms with van der Waals surface area (Å²) in [5.41, 5.74) is 3.60. The van der Waals surface area contributed by atoms with Gasteiger partial charge in [0.15, 0.2) is 0 Å². The van der Waals surface area contributed by atoms with E-state index in [2.05, 4.69) is 0 Å². The summed E-state index contributed by atoms with van der Waals surface area (Å²) in [6.45, 7) is 0.460. The third-order valence-corrected chi connectivity index (χ3v) is 2.23. The Morgan fingerprint density at radius 3 is 2.93 bits per heavy atom. The maximum absolute atomic E-state index is 13.4. The van der Waals surface area contributed by atoms with Crippen molar-refractivity contribution in [1.29, 1.82) is 0 Å². The van der Waals surface area contributed by atoms with Crippen LogP contribution in [0.5, 0.6) is 5.75 Å². The number of hydrogen-bond donors (Lipinski definition) is 2. The van der Waals surface area contributed by atoms with Crippen LogP contribution in [0.4, 0.5) is 4.39 Å². The second-order valence-corrected chi connectivity index (χ2v) is 3.32. The van der Waals surface area contributed by atoms with E-state index in [4.69, 9.17) is 18.3 Å². The van der Waals surface area contributed by atoms with E-state index in [1.165, 1.54) is 12.1 Å². The second-order valence-electron chi connectivity index (χ2n) is 3.32. The summed E-state index contributed by atoms with van der Waals surface area (Å²) in [5.74, 6) is -0.0718. The summed E-state index contributed by atoms with van der Waals surface area (Å²) >= 11 is 0. The van der Waals surface area contributed by atoms with Crippen molar-refractivity contribution in [2.75, 3.05) is 6.61 Å². The van der Waals surface area contributed by atoms with E-state index in [0.29, 0.717) is 24.3 Å². The Hall–Kier alpha value is -1.07. The van der Waals surface area contributed by atoms with Gasteiger partial charge in [-0.3, -0.25) is 0 Å². The lowest BCUT2D eigenvalue weighted by Gasteiger charge is -2.21. The number of fused-ring (bicyclic) bond motifs is 1. The van der Waals surface area contributed by atoms with Gasteiger partial charge in [-0.25, -0.2) is 4.39 Å². The number of hydrogen-bond acceptors (Lipinski definition) is 3. The zero-order valence-electron chi connectivity index (χ0n) is 7.46. The molecule has 0 aromatic heterocycles. The van der Waals surface area contributed by atoms with Crippen molar-refractivity contribution in [3.63, 3.8) is 0 Å². The summed E-state index contributed by atoms with van der Waals surface area (Å²) < 4.78 is 18.6. The van der Waals surface area contributed by atoms with Crippen LogP contribution in [0.25, 0.3) is 0 Å². The number of benzene rings is 1.